The minimum absolute atomic E-state index is 0.165. The van der Waals surface area contributed by atoms with Gasteiger partial charge in [0.25, 0.3) is 0 Å². The molecular formula is C46H20B8O. The number of fused-ring (bicyclic) bond motifs is 7. The molecule has 0 unspecified atom stereocenters. The highest BCUT2D eigenvalue weighted by molar-refractivity contribution is 6.71. The third-order valence-corrected chi connectivity index (χ3v) is 11.2. The van der Waals surface area contributed by atoms with Crippen molar-refractivity contribution in [3.8, 4) is 33.4 Å². The van der Waals surface area contributed by atoms with Crippen LogP contribution in [0.15, 0.2) is 126 Å². The average molecular weight is 675 g/mol. The summed E-state index contributed by atoms with van der Waals surface area (Å²) < 4.78 is 6.37. The molecule has 10 aromatic rings. The molecule has 55 heavy (non-hydrogen) atoms. The van der Waals surface area contributed by atoms with Gasteiger partial charge in [-0.15, -0.1) is 21.9 Å². The molecular weight excluding hydrogens is 655 g/mol. The van der Waals surface area contributed by atoms with Crippen LogP contribution in [0, 0.1) is 0 Å². The zero-order valence-electron chi connectivity index (χ0n) is 29.6. The molecule has 234 valence electrons. The summed E-state index contributed by atoms with van der Waals surface area (Å²) in [5.41, 5.74) is 8.03. The smallest absolute Gasteiger partial charge is 0.136 e. The van der Waals surface area contributed by atoms with Crippen LogP contribution in [-0.4, -0.2) is 62.8 Å². The molecule has 16 radical (unpaired) electrons. The number of benzene rings is 9. The molecule has 0 aliphatic carbocycles. The standard InChI is InChI=1S/C46H20B8O/c47-39-35-33(27-11-5-10-23(17-27)26-13-12-21-6-1-2-7-22(21)16-26)36-38(42(50)46(54)44(52)40(36)48)34(37(35)41(49)45(53)43(39)51)28-14-15-31-29(19-28)30-18-24-8-3-4-9-25(24)20-32(30)55-31/h1-20H. The molecule has 1 nitrogen and oxygen atoms in total. The topological polar surface area (TPSA) is 13.1 Å². The van der Waals surface area contributed by atoms with Crippen LogP contribution in [0.3, 0.4) is 0 Å². The van der Waals surface area contributed by atoms with Crippen LogP contribution in [-0.2, 0) is 0 Å². The number of hydrogen-bond acceptors (Lipinski definition) is 1. The summed E-state index contributed by atoms with van der Waals surface area (Å²) in [7, 11) is 54.7. The van der Waals surface area contributed by atoms with Crippen molar-refractivity contribution in [1.82, 2.24) is 0 Å². The summed E-state index contributed by atoms with van der Waals surface area (Å²) in [6.07, 6.45) is 0. The van der Waals surface area contributed by atoms with Crippen molar-refractivity contribution in [1.29, 1.82) is 0 Å². The Hall–Kier alpha value is -5.66. The van der Waals surface area contributed by atoms with Gasteiger partial charge in [0.15, 0.2) is 0 Å². The van der Waals surface area contributed by atoms with Crippen molar-refractivity contribution in [3.63, 3.8) is 0 Å². The molecule has 0 aliphatic rings. The van der Waals surface area contributed by atoms with Gasteiger partial charge in [-0.3, -0.25) is 0 Å². The van der Waals surface area contributed by atoms with Crippen LogP contribution < -0.4 is 43.7 Å². The van der Waals surface area contributed by atoms with E-state index < -0.39 is 0 Å². The van der Waals surface area contributed by atoms with E-state index in [0.29, 0.717) is 32.7 Å². The fraction of sp³-hybridized carbons (Fsp3) is 0. The molecule has 9 aromatic carbocycles. The van der Waals surface area contributed by atoms with Crippen LogP contribution in [0.25, 0.3) is 98.4 Å². The highest BCUT2D eigenvalue weighted by Gasteiger charge is 2.25. The molecule has 0 atom stereocenters. The number of furan rings is 1. The monoisotopic (exact) mass is 676 g/mol. The summed E-state index contributed by atoms with van der Waals surface area (Å²) in [5, 5.41) is 8.58. The fourth-order valence-electron chi connectivity index (χ4n) is 8.36. The van der Waals surface area contributed by atoms with E-state index >= 15 is 0 Å². The van der Waals surface area contributed by atoms with Crippen molar-refractivity contribution in [2.24, 2.45) is 0 Å². The molecule has 1 heterocycles. The Bertz CT molecular complexity index is 3230. The van der Waals surface area contributed by atoms with Gasteiger partial charge in [-0.05, 0) is 113 Å². The first-order valence-electron chi connectivity index (χ1n) is 17.8. The normalized spacial score (nSPS) is 11.9. The molecule has 0 saturated heterocycles. The Balaban J connectivity index is 1.35. The van der Waals surface area contributed by atoms with E-state index in [1.807, 2.05) is 48.5 Å². The van der Waals surface area contributed by atoms with E-state index in [2.05, 4.69) is 72.8 Å². The SMILES string of the molecule is [B]c1c([B])c([B])c2c(-c3ccc4oc5cc6ccccc6cc5c4c3)c3c([B])c([B])c([B])c([B])c3c(-c3cccc(-c4ccc5ccccc5c4)c3)c2c1[B]. The van der Waals surface area contributed by atoms with E-state index in [-0.39, 0.29) is 43.7 Å². The first-order valence-corrected chi connectivity index (χ1v) is 17.8. The van der Waals surface area contributed by atoms with Gasteiger partial charge in [-0.25, -0.2) is 0 Å². The highest BCUT2D eigenvalue weighted by Crippen LogP contribution is 2.43. The minimum atomic E-state index is 0.165. The lowest BCUT2D eigenvalue weighted by atomic mass is 9.59. The summed E-state index contributed by atoms with van der Waals surface area (Å²) >= 11 is 0. The third kappa shape index (κ3) is 4.98. The van der Waals surface area contributed by atoms with Gasteiger partial charge in [0.1, 0.15) is 73.9 Å². The summed E-state index contributed by atoms with van der Waals surface area (Å²) in [6, 6.07) is 41.1. The van der Waals surface area contributed by atoms with Gasteiger partial charge >= 0.3 is 0 Å². The second-order valence-corrected chi connectivity index (χ2v) is 14.2. The van der Waals surface area contributed by atoms with Gasteiger partial charge in [0.2, 0.25) is 0 Å². The molecule has 0 fully saturated rings. The first kappa shape index (κ1) is 33.9. The third-order valence-electron chi connectivity index (χ3n) is 11.2. The number of hydrogen-bond donors (Lipinski definition) is 0. The van der Waals surface area contributed by atoms with Gasteiger partial charge in [-0.1, -0.05) is 107 Å². The van der Waals surface area contributed by atoms with Crippen molar-refractivity contribution in [2.75, 3.05) is 0 Å². The van der Waals surface area contributed by atoms with Crippen molar-refractivity contribution >= 4 is 172 Å². The molecule has 0 N–H and O–H groups in total. The Labute approximate surface area is 329 Å². The molecule has 0 spiro atoms. The van der Waals surface area contributed by atoms with Crippen LogP contribution in [0.4, 0.5) is 0 Å². The zero-order chi connectivity index (χ0) is 37.9. The lowest BCUT2D eigenvalue weighted by Crippen LogP contribution is -2.50. The Kier molecular flexibility index (Phi) is 7.66. The molecule has 0 bridgehead atoms. The predicted molar refractivity (Wildman–Crippen MR) is 243 cm³/mol. The molecule has 1 aromatic heterocycles. The van der Waals surface area contributed by atoms with E-state index in [1.165, 1.54) is 0 Å². The van der Waals surface area contributed by atoms with E-state index in [9.17, 15) is 0 Å². The lowest BCUT2D eigenvalue weighted by Gasteiger charge is -2.28. The van der Waals surface area contributed by atoms with E-state index in [0.717, 1.165) is 65.7 Å². The minimum Gasteiger partial charge on any atom is -0.456 e. The second-order valence-electron chi connectivity index (χ2n) is 14.2. The van der Waals surface area contributed by atoms with E-state index in [4.69, 9.17) is 67.2 Å². The van der Waals surface area contributed by atoms with Gasteiger partial charge < -0.3 is 4.42 Å². The van der Waals surface area contributed by atoms with Crippen LogP contribution >= 0.6 is 0 Å². The molecule has 0 aliphatic heterocycles. The predicted octanol–water partition coefficient (Wildman–Crippen LogP) is 3.55. The van der Waals surface area contributed by atoms with Crippen LogP contribution in [0.1, 0.15) is 0 Å². The van der Waals surface area contributed by atoms with Crippen LogP contribution in [0.2, 0.25) is 0 Å². The number of rotatable bonds is 3. The summed E-state index contributed by atoms with van der Waals surface area (Å²) in [5.74, 6) is 0. The summed E-state index contributed by atoms with van der Waals surface area (Å²) in [4.78, 5) is 0. The van der Waals surface area contributed by atoms with Crippen molar-refractivity contribution in [2.45, 2.75) is 0 Å². The quantitative estimate of drug-likeness (QED) is 0.207. The fourth-order valence-corrected chi connectivity index (χ4v) is 8.36. The maximum atomic E-state index is 7.03. The van der Waals surface area contributed by atoms with Crippen LogP contribution in [0.5, 0.6) is 0 Å². The van der Waals surface area contributed by atoms with Gasteiger partial charge in [-0.2, -0.15) is 0 Å². The maximum Gasteiger partial charge on any atom is 0.136 e. The van der Waals surface area contributed by atoms with Crippen molar-refractivity contribution in [3.05, 3.63) is 121 Å². The molecule has 0 amide bonds. The average Bonchev–Trinajstić information content (AvgIpc) is 3.57. The summed E-state index contributed by atoms with van der Waals surface area (Å²) in [6.45, 7) is 0. The molecule has 9 heteroatoms. The lowest BCUT2D eigenvalue weighted by molar-refractivity contribution is 0.669. The van der Waals surface area contributed by atoms with E-state index in [1.54, 1.807) is 0 Å². The Morgan fingerprint density at radius 3 is 1.31 bits per heavy atom. The Morgan fingerprint density at radius 1 is 0.291 bits per heavy atom. The van der Waals surface area contributed by atoms with Crippen molar-refractivity contribution < 1.29 is 4.42 Å². The maximum absolute atomic E-state index is 7.03. The Morgan fingerprint density at radius 2 is 0.727 bits per heavy atom. The van der Waals surface area contributed by atoms with Gasteiger partial charge in [0.05, 0.1) is 0 Å². The molecule has 10 rings (SSSR count). The van der Waals surface area contributed by atoms with Gasteiger partial charge in [0, 0.05) is 10.8 Å². The largest absolute Gasteiger partial charge is 0.456 e. The highest BCUT2D eigenvalue weighted by atomic mass is 16.3. The second kappa shape index (κ2) is 12.4. The first-order chi connectivity index (χ1) is 26.6. The zero-order valence-corrected chi connectivity index (χ0v) is 29.6. The molecule has 0 saturated carbocycles.